The van der Waals surface area contributed by atoms with Gasteiger partial charge in [0.15, 0.2) is 0 Å². The van der Waals surface area contributed by atoms with Crippen molar-refractivity contribution in [3.63, 3.8) is 0 Å². The molecule has 1 atom stereocenters. The number of carboxylic acid groups (broad SMARTS) is 1. The molecule has 1 fully saturated rings. The van der Waals surface area contributed by atoms with Gasteiger partial charge in [-0.05, 0) is 26.8 Å². The van der Waals surface area contributed by atoms with E-state index in [9.17, 15) is 9.59 Å². The average molecular weight is 242 g/mol. The summed E-state index contributed by atoms with van der Waals surface area (Å²) in [4.78, 5) is 24.6. The first kappa shape index (κ1) is 14.0. The number of nitrogens with zero attached hydrogens (tertiary/aromatic N) is 1. The summed E-state index contributed by atoms with van der Waals surface area (Å²) in [6.45, 7) is 7.51. The summed E-state index contributed by atoms with van der Waals surface area (Å²) in [5.74, 6) is -1.09. The van der Waals surface area contributed by atoms with E-state index in [-0.39, 0.29) is 17.9 Å². The summed E-state index contributed by atoms with van der Waals surface area (Å²) in [6.07, 6.45) is 1.89. The molecular weight excluding hydrogens is 220 g/mol. The van der Waals surface area contributed by atoms with Crippen molar-refractivity contribution >= 4 is 11.9 Å². The fourth-order valence-electron chi connectivity index (χ4n) is 2.24. The first-order valence-electron chi connectivity index (χ1n) is 6.14. The Bertz CT molecular complexity index is 302. The molecule has 5 nitrogen and oxygen atoms in total. The number of amides is 1. The van der Waals surface area contributed by atoms with Crippen LogP contribution >= 0.6 is 0 Å². The lowest BCUT2D eigenvalue weighted by molar-refractivity contribution is -0.146. The van der Waals surface area contributed by atoms with Crippen molar-refractivity contribution in [1.29, 1.82) is 0 Å². The Kier molecular flexibility index (Phi) is 4.51. The van der Waals surface area contributed by atoms with Crippen LogP contribution in [0.1, 0.15) is 40.0 Å². The zero-order valence-electron chi connectivity index (χ0n) is 10.8. The summed E-state index contributed by atoms with van der Waals surface area (Å²) in [7, 11) is 0. The summed E-state index contributed by atoms with van der Waals surface area (Å²) in [6, 6.07) is -0.539. The number of nitrogens with one attached hydrogen (secondary N) is 1. The highest BCUT2D eigenvalue weighted by Gasteiger charge is 2.41. The largest absolute Gasteiger partial charge is 0.481 e. The summed E-state index contributed by atoms with van der Waals surface area (Å²) in [5, 5.41) is 11.7. The van der Waals surface area contributed by atoms with Gasteiger partial charge in [0.25, 0.3) is 0 Å². The van der Waals surface area contributed by atoms with E-state index >= 15 is 0 Å². The molecule has 0 radical (unpaired) electrons. The highest BCUT2D eigenvalue weighted by Crippen LogP contribution is 2.23. The van der Waals surface area contributed by atoms with Crippen molar-refractivity contribution in [2.75, 3.05) is 13.1 Å². The Morgan fingerprint density at radius 2 is 2.24 bits per heavy atom. The molecule has 0 aromatic carbocycles. The van der Waals surface area contributed by atoms with Crippen LogP contribution in [0.3, 0.4) is 0 Å². The van der Waals surface area contributed by atoms with Gasteiger partial charge < -0.3 is 10.4 Å². The summed E-state index contributed by atoms with van der Waals surface area (Å²) in [5.41, 5.74) is -0.177. The number of carbonyl (C=O) groups excluding carboxylic acids is 1. The molecule has 1 amide bonds. The minimum absolute atomic E-state index is 0.126. The highest BCUT2D eigenvalue weighted by molar-refractivity contribution is 5.87. The second-order valence-electron chi connectivity index (χ2n) is 5.19. The van der Waals surface area contributed by atoms with E-state index in [1.807, 2.05) is 18.7 Å². The molecule has 2 N–H and O–H groups in total. The van der Waals surface area contributed by atoms with Crippen LogP contribution in [-0.4, -0.2) is 46.6 Å². The van der Waals surface area contributed by atoms with E-state index in [1.54, 1.807) is 0 Å². The van der Waals surface area contributed by atoms with Crippen LogP contribution in [0.2, 0.25) is 0 Å². The first-order valence-corrected chi connectivity index (χ1v) is 6.14. The van der Waals surface area contributed by atoms with Gasteiger partial charge in [-0.2, -0.15) is 0 Å². The Morgan fingerprint density at radius 1 is 1.59 bits per heavy atom. The molecule has 1 aliphatic heterocycles. The van der Waals surface area contributed by atoms with Crippen LogP contribution in [-0.2, 0) is 9.59 Å². The van der Waals surface area contributed by atoms with E-state index in [0.717, 1.165) is 19.4 Å². The van der Waals surface area contributed by atoms with E-state index in [4.69, 9.17) is 5.11 Å². The molecule has 0 aromatic rings. The van der Waals surface area contributed by atoms with Crippen molar-refractivity contribution < 1.29 is 14.7 Å². The third-order valence-corrected chi connectivity index (χ3v) is 3.27. The van der Waals surface area contributed by atoms with Crippen LogP contribution < -0.4 is 5.32 Å². The molecule has 5 heteroatoms. The minimum Gasteiger partial charge on any atom is -0.481 e. The van der Waals surface area contributed by atoms with Gasteiger partial charge in [-0.25, -0.2) is 0 Å². The normalized spacial score (nSPS) is 24.4. The molecule has 1 unspecified atom stereocenters. The third kappa shape index (κ3) is 3.43. The number of hydrogen-bond donors (Lipinski definition) is 2. The summed E-state index contributed by atoms with van der Waals surface area (Å²) < 4.78 is 0. The number of carbonyl (C=O) groups is 2. The van der Waals surface area contributed by atoms with E-state index in [1.165, 1.54) is 0 Å². The zero-order chi connectivity index (χ0) is 13.1. The number of unbranched alkanes of at least 4 members (excludes halogenated alkanes) is 1. The standard InChI is InChI=1S/C12H22N2O3/c1-4-5-6-14-9(7-10(15)16)11(17)13-8-12(14,2)3/h9H,4-8H2,1-3H3,(H,13,17)(H,15,16). The lowest BCUT2D eigenvalue weighted by Gasteiger charge is -2.46. The van der Waals surface area contributed by atoms with Crippen LogP contribution in [0.5, 0.6) is 0 Å². The van der Waals surface area contributed by atoms with Gasteiger partial charge in [-0.15, -0.1) is 0 Å². The van der Waals surface area contributed by atoms with Crippen molar-refractivity contribution in [1.82, 2.24) is 10.2 Å². The predicted molar refractivity (Wildman–Crippen MR) is 64.7 cm³/mol. The van der Waals surface area contributed by atoms with Crippen molar-refractivity contribution in [3.8, 4) is 0 Å². The molecule has 1 aliphatic rings. The summed E-state index contributed by atoms with van der Waals surface area (Å²) >= 11 is 0. The van der Waals surface area contributed by atoms with Gasteiger partial charge in [-0.1, -0.05) is 13.3 Å². The highest BCUT2D eigenvalue weighted by atomic mass is 16.4. The maximum absolute atomic E-state index is 11.8. The molecule has 1 saturated heterocycles. The number of carboxylic acids is 1. The number of hydrogen-bond acceptors (Lipinski definition) is 3. The number of piperazine rings is 1. The van der Waals surface area contributed by atoms with Gasteiger partial charge in [-0.3, -0.25) is 14.5 Å². The van der Waals surface area contributed by atoms with Crippen LogP contribution in [0, 0.1) is 0 Å². The smallest absolute Gasteiger partial charge is 0.305 e. The van der Waals surface area contributed by atoms with Crippen molar-refractivity contribution in [2.24, 2.45) is 0 Å². The monoisotopic (exact) mass is 242 g/mol. The number of rotatable bonds is 5. The Balaban J connectivity index is 2.83. The average Bonchev–Trinajstić information content (AvgIpc) is 2.22. The molecule has 98 valence electrons. The fraction of sp³-hybridized carbons (Fsp3) is 0.833. The molecule has 1 heterocycles. The molecule has 0 saturated carbocycles. The van der Waals surface area contributed by atoms with E-state index in [2.05, 4.69) is 12.2 Å². The van der Waals surface area contributed by atoms with Crippen molar-refractivity contribution in [3.05, 3.63) is 0 Å². The van der Waals surface area contributed by atoms with Gasteiger partial charge >= 0.3 is 5.97 Å². The van der Waals surface area contributed by atoms with Crippen LogP contribution in [0.4, 0.5) is 0 Å². The molecule has 0 aliphatic carbocycles. The van der Waals surface area contributed by atoms with Gasteiger partial charge in [0.2, 0.25) is 5.91 Å². The Labute approximate surface area is 102 Å². The lowest BCUT2D eigenvalue weighted by Crippen LogP contribution is -2.65. The number of aliphatic carboxylic acids is 1. The zero-order valence-corrected chi connectivity index (χ0v) is 10.8. The van der Waals surface area contributed by atoms with Crippen LogP contribution in [0.25, 0.3) is 0 Å². The SMILES string of the molecule is CCCCN1C(CC(=O)O)C(=O)NCC1(C)C. The topological polar surface area (TPSA) is 69.6 Å². The predicted octanol–water partition coefficient (Wildman–Crippen LogP) is 0.840. The third-order valence-electron chi connectivity index (χ3n) is 3.27. The van der Waals surface area contributed by atoms with Gasteiger partial charge in [0.05, 0.1) is 6.42 Å². The van der Waals surface area contributed by atoms with Crippen molar-refractivity contribution in [2.45, 2.75) is 51.6 Å². The molecule has 0 bridgehead atoms. The molecular formula is C12H22N2O3. The molecule has 0 aromatic heterocycles. The second kappa shape index (κ2) is 5.49. The van der Waals surface area contributed by atoms with E-state index < -0.39 is 12.0 Å². The van der Waals surface area contributed by atoms with E-state index in [0.29, 0.717) is 6.54 Å². The fourth-order valence-corrected chi connectivity index (χ4v) is 2.24. The van der Waals surface area contributed by atoms with Gasteiger partial charge in [0, 0.05) is 12.1 Å². The second-order valence-corrected chi connectivity index (χ2v) is 5.19. The lowest BCUT2D eigenvalue weighted by atomic mass is 9.93. The maximum atomic E-state index is 11.8. The van der Waals surface area contributed by atoms with Gasteiger partial charge in [0.1, 0.15) is 6.04 Å². The molecule has 1 rings (SSSR count). The first-order chi connectivity index (χ1) is 7.88. The molecule has 17 heavy (non-hydrogen) atoms. The minimum atomic E-state index is -0.927. The Morgan fingerprint density at radius 3 is 2.76 bits per heavy atom. The Hall–Kier alpha value is -1.10. The maximum Gasteiger partial charge on any atom is 0.305 e. The van der Waals surface area contributed by atoms with Crippen LogP contribution in [0.15, 0.2) is 0 Å². The molecule has 0 spiro atoms. The quantitative estimate of drug-likeness (QED) is 0.749.